The molecule has 0 aliphatic heterocycles. The Labute approximate surface area is 120 Å². The Hall–Kier alpha value is -1.55. The van der Waals surface area contributed by atoms with Crippen LogP contribution in [0.4, 0.5) is 10.1 Å². The van der Waals surface area contributed by atoms with Crippen LogP contribution in [0.5, 0.6) is 5.75 Å². The first-order valence-electron chi connectivity index (χ1n) is 6.04. The van der Waals surface area contributed by atoms with Gasteiger partial charge < -0.3 is 10.1 Å². The van der Waals surface area contributed by atoms with Gasteiger partial charge in [0.05, 0.1) is 5.69 Å². The van der Waals surface area contributed by atoms with Gasteiger partial charge in [-0.3, -0.25) is 0 Å². The van der Waals surface area contributed by atoms with Crippen LogP contribution >= 0.6 is 15.9 Å². The van der Waals surface area contributed by atoms with Gasteiger partial charge in [0.2, 0.25) is 0 Å². The molecule has 0 bridgehead atoms. The number of ether oxygens (including phenoxy) is 1. The predicted octanol–water partition coefficient (Wildman–Crippen LogP) is 4.39. The first-order chi connectivity index (χ1) is 9.16. The van der Waals surface area contributed by atoms with E-state index in [-0.39, 0.29) is 5.82 Å². The molecule has 0 amide bonds. The molecule has 1 N–H and O–H groups in total. The van der Waals surface area contributed by atoms with E-state index in [4.69, 9.17) is 4.74 Å². The van der Waals surface area contributed by atoms with E-state index >= 15 is 0 Å². The van der Waals surface area contributed by atoms with Gasteiger partial charge in [0.1, 0.15) is 18.2 Å². The van der Waals surface area contributed by atoms with Gasteiger partial charge in [-0.15, -0.1) is 0 Å². The summed E-state index contributed by atoms with van der Waals surface area (Å²) in [7, 11) is 0. The monoisotopic (exact) mass is 323 g/mol. The molecule has 0 radical (unpaired) electrons. The zero-order chi connectivity index (χ0) is 13.7. The van der Waals surface area contributed by atoms with Gasteiger partial charge in [0.25, 0.3) is 0 Å². The van der Waals surface area contributed by atoms with Gasteiger partial charge in [0.15, 0.2) is 0 Å². The Morgan fingerprint density at radius 3 is 2.74 bits per heavy atom. The minimum Gasteiger partial charge on any atom is -0.492 e. The van der Waals surface area contributed by atoms with Crippen molar-refractivity contribution < 1.29 is 9.13 Å². The lowest BCUT2D eigenvalue weighted by molar-refractivity contribution is 0.332. The number of hydrogen-bond donors (Lipinski definition) is 1. The molecule has 2 aromatic carbocycles. The first kappa shape index (κ1) is 13.9. The number of halogens is 2. The van der Waals surface area contributed by atoms with Gasteiger partial charge >= 0.3 is 0 Å². The Morgan fingerprint density at radius 1 is 1.21 bits per heavy atom. The van der Waals surface area contributed by atoms with Gasteiger partial charge in [-0.05, 0) is 36.8 Å². The van der Waals surface area contributed by atoms with Gasteiger partial charge in [0, 0.05) is 11.0 Å². The van der Waals surface area contributed by atoms with Crippen LogP contribution < -0.4 is 10.1 Å². The largest absolute Gasteiger partial charge is 0.492 e. The number of benzene rings is 2. The third kappa shape index (κ3) is 3.96. The number of rotatable bonds is 5. The molecule has 0 aromatic heterocycles. The lowest BCUT2D eigenvalue weighted by Gasteiger charge is -2.11. The van der Waals surface area contributed by atoms with Crippen LogP contribution in [-0.4, -0.2) is 13.2 Å². The van der Waals surface area contributed by atoms with Crippen molar-refractivity contribution in [2.24, 2.45) is 0 Å². The third-order valence-corrected chi connectivity index (χ3v) is 3.18. The second kappa shape index (κ2) is 6.57. The van der Waals surface area contributed by atoms with Crippen molar-refractivity contribution in [1.82, 2.24) is 0 Å². The fourth-order valence-corrected chi connectivity index (χ4v) is 2.14. The van der Waals surface area contributed by atoms with Gasteiger partial charge in [-0.1, -0.05) is 34.1 Å². The SMILES string of the molecule is Cc1cccc(F)c1NCCOc1cccc(Br)c1. The summed E-state index contributed by atoms with van der Waals surface area (Å²) < 4.78 is 20.1. The maximum Gasteiger partial charge on any atom is 0.146 e. The quantitative estimate of drug-likeness (QED) is 0.824. The molecule has 2 rings (SSSR count). The van der Waals surface area contributed by atoms with E-state index < -0.39 is 0 Å². The lowest BCUT2D eigenvalue weighted by Crippen LogP contribution is -2.13. The molecule has 0 saturated heterocycles. The summed E-state index contributed by atoms with van der Waals surface area (Å²) in [5.41, 5.74) is 1.43. The average Bonchev–Trinajstić information content (AvgIpc) is 2.37. The van der Waals surface area contributed by atoms with E-state index in [9.17, 15) is 4.39 Å². The Bertz CT molecular complexity index is 539. The highest BCUT2D eigenvalue weighted by Gasteiger charge is 2.03. The maximum absolute atomic E-state index is 13.5. The summed E-state index contributed by atoms with van der Waals surface area (Å²) in [4.78, 5) is 0. The van der Waals surface area contributed by atoms with Crippen molar-refractivity contribution in [2.75, 3.05) is 18.5 Å². The van der Waals surface area contributed by atoms with Crippen molar-refractivity contribution in [1.29, 1.82) is 0 Å². The molecule has 100 valence electrons. The Morgan fingerprint density at radius 2 is 2.00 bits per heavy atom. The molecule has 2 nitrogen and oxygen atoms in total. The average molecular weight is 324 g/mol. The van der Waals surface area contributed by atoms with Crippen molar-refractivity contribution in [2.45, 2.75) is 6.92 Å². The highest BCUT2D eigenvalue weighted by molar-refractivity contribution is 9.10. The maximum atomic E-state index is 13.5. The molecular formula is C15H15BrFNO. The predicted molar refractivity (Wildman–Crippen MR) is 79.3 cm³/mol. The van der Waals surface area contributed by atoms with Crippen LogP contribution in [0.2, 0.25) is 0 Å². The molecule has 0 atom stereocenters. The zero-order valence-electron chi connectivity index (χ0n) is 10.6. The van der Waals surface area contributed by atoms with E-state index in [1.54, 1.807) is 6.07 Å². The number of hydrogen-bond acceptors (Lipinski definition) is 2. The van der Waals surface area contributed by atoms with Crippen LogP contribution in [0.15, 0.2) is 46.9 Å². The van der Waals surface area contributed by atoms with Crippen LogP contribution in [-0.2, 0) is 0 Å². The van der Waals surface area contributed by atoms with Crippen LogP contribution in [0.25, 0.3) is 0 Å². The minimum absolute atomic E-state index is 0.234. The van der Waals surface area contributed by atoms with Crippen molar-refractivity contribution >= 4 is 21.6 Å². The molecule has 2 aromatic rings. The van der Waals surface area contributed by atoms with Crippen LogP contribution in [0, 0.1) is 12.7 Å². The first-order valence-corrected chi connectivity index (χ1v) is 6.83. The normalized spacial score (nSPS) is 10.3. The minimum atomic E-state index is -0.234. The molecule has 0 unspecified atom stereocenters. The molecule has 0 aliphatic carbocycles. The molecular weight excluding hydrogens is 309 g/mol. The fraction of sp³-hybridized carbons (Fsp3) is 0.200. The zero-order valence-corrected chi connectivity index (χ0v) is 12.2. The summed E-state index contributed by atoms with van der Waals surface area (Å²) in [5, 5.41) is 3.05. The van der Waals surface area contributed by atoms with Crippen LogP contribution in [0.3, 0.4) is 0 Å². The molecule has 0 aliphatic rings. The molecule has 0 fully saturated rings. The Balaban J connectivity index is 1.84. The topological polar surface area (TPSA) is 21.3 Å². The number of aryl methyl sites for hydroxylation is 1. The fourth-order valence-electron chi connectivity index (χ4n) is 1.76. The van der Waals surface area contributed by atoms with E-state index in [0.29, 0.717) is 18.8 Å². The highest BCUT2D eigenvalue weighted by Crippen LogP contribution is 2.19. The summed E-state index contributed by atoms with van der Waals surface area (Å²) in [5.74, 6) is 0.559. The molecule has 4 heteroatoms. The standard InChI is InChI=1S/C15H15BrFNO/c1-11-4-2-7-14(17)15(11)18-8-9-19-13-6-3-5-12(16)10-13/h2-7,10,18H,8-9H2,1H3. The molecule has 19 heavy (non-hydrogen) atoms. The van der Waals surface area contributed by atoms with Crippen LogP contribution in [0.1, 0.15) is 5.56 Å². The van der Waals surface area contributed by atoms with E-state index in [0.717, 1.165) is 15.8 Å². The number of nitrogens with one attached hydrogen (secondary N) is 1. The molecule has 0 saturated carbocycles. The van der Waals surface area contributed by atoms with E-state index in [1.807, 2.05) is 37.3 Å². The second-order valence-electron chi connectivity index (χ2n) is 4.16. The third-order valence-electron chi connectivity index (χ3n) is 2.69. The molecule has 0 spiro atoms. The smallest absolute Gasteiger partial charge is 0.146 e. The van der Waals surface area contributed by atoms with E-state index in [2.05, 4.69) is 21.2 Å². The highest BCUT2D eigenvalue weighted by atomic mass is 79.9. The lowest BCUT2D eigenvalue weighted by atomic mass is 10.2. The summed E-state index contributed by atoms with van der Waals surface area (Å²) in [6, 6.07) is 12.7. The number of para-hydroxylation sites is 1. The van der Waals surface area contributed by atoms with Crippen molar-refractivity contribution in [3.8, 4) is 5.75 Å². The number of anilines is 1. The second-order valence-corrected chi connectivity index (χ2v) is 5.08. The summed E-state index contributed by atoms with van der Waals surface area (Å²) in [6.07, 6.45) is 0. The van der Waals surface area contributed by atoms with Gasteiger partial charge in [-0.25, -0.2) is 4.39 Å². The Kier molecular flexibility index (Phi) is 4.80. The van der Waals surface area contributed by atoms with Gasteiger partial charge in [-0.2, -0.15) is 0 Å². The van der Waals surface area contributed by atoms with E-state index in [1.165, 1.54) is 6.07 Å². The summed E-state index contributed by atoms with van der Waals surface area (Å²) in [6.45, 7) is 2.90. The van der Waals surface area contributed by atoms with Crippen molar-refractivity contribution in [3.05, 3.63) is 58.3 Å². The molecule has 0 heterocycles. The summed E-state index contributed by atoms with van der Waals surface area (Å²) >= 11 is 3.38. The van der Waals surface area contributed by atoms with Crippen molar-refractivity contribution in [3.63, 3.8) is 0 Å².